The van der Waals surface area contributed by atoms with E-state index in [0.717, 1.165) is 28.1 Å². The number of carbonyl (C=O) groups excluding carboxylic acids is 1. The summed E-state index contributed by atoms with van der Waals surface area (Å²) in [6.45, 7) is 3.53. The largest absolute Gasteiger partial charge is 0.338 e. The summed E-state index contributed by atoms with van der Waals surface area (Å²) in [4.78, 5) is 22.0. The van der Waals surface area contributed by atoms with Crippen LogP contribution in [0.2, 0.25) is 0 Å². The van der Waals surface area contributed by atoms with E-state index in [0.29, 0.717) is 25.5 Å². The standard InChI is InChI=1S/C27H23FN6O/c1-18-17-32(15-16-33(18)26(35)20-11-5-7-13-22(20)28)27-29-23-14-8-6-12-21(23)25-31-30-24(34(25)27)19-9-3-2-4-10-19/h2-14,18H,15-17H2,1H3/t18-/m1/s1. The van der Waals surface area contributed by atoms with Gasteiger partial charge in [-0.15, -0.1) is 10.2 Å². The molecule has 0 saturated carbocycles. The molecule has 174 valence electrons. The minimum Gasteiger partial charge on any atom is -0.338 e. The average Bonchev–Trinajstić information content (AvgIpc) is 3.34. The Labute approximate surface area is 201 Å². The van der Waals surface area contributed by atoms with Crippen LogP contribution < -0.4 is 4.90 Å². The summed E-state index contributed by atoms with van der Waals surface area (Å²) in [6.07, 6.45) is 0. The Morgan fingerprint density at radius 3 is 2.46 bits per heavy atom. The second-order valence-corrected chi connectivity index (χ2v) is 8.75. The number of benzene rings is 3. The number of halogens is 1. The fourth-order valence-corrected chi connectivity index (χ4v) is 4.78. The number of para-hydroxylation sites is 1. The fourth-order valence-electron chi connectivity index (χ4n) is 4.78. The summed E-state index contributed by atoms with van der Waals surface area (Å²) in [5.41, 5.74) is 2.62. The Balaban J connectivity index is 1.41. The van der Waals surface area contributed by atoms with Gasteiger partial charge in [-0.2, -0.15) is 0 Å². The van der Waals surface area contributed by atoms with E-state index in [1.807, 2.05) is 65.9 Å². The molecule has 7 nitrogen and oxygen atoms in total. The number of aromatic nitrogens is 4. The SMILES string of the molecule is C[C@@H]1CN(c2nc3ccccc3c3nnc(-c4ccccc4)n23)CCN1C(=O)c1ccccc1F. The van der Waals surface area contributed by atoms with Crippen molar-refractivity contribution in [2.45, 2.75) is 13.0 Å². The summed E-state index contributed by atoms with van der Waals surface area (Å²) < 4.78 is 16.3. The quantitative estimate of drug-likeness (QED) is 0.394. The average molecular weight is 467 g/mol. The van der Waals surface area contributed by atoms with E-state index in [4.69, 9.17) is 4.98 Å². The zero-order valence-corrected chi connectivity index (χ0v) is 19.2. The first-order chi connectivity index (χ1) is 17.1. The van der Waals surface area contributed by atoms with Gasteiger partial charge in [0.15, 0.2) is 11.5 Å². The molecule has 3 heterocycles. The molecule has 8 heteroatoms. The molecule has 35 heavy (non-hydrogen) atoms. The number of hydrogen-bond donors (Lipinski definition) is 0. The number of anilines is 1. The van der Waals surface area contributed by atoms with Crippen molar-refractivity contribution in [3.05, 3.63) is 90.2 Å². The lowest BCUT2D eigenvalue weighted by Crippen LogP contribution is -2.54. The molecule has 1 amide bonds. The van der Waals surface area contributed by atoms with Gasteiger partial charge < -0.3 is 9.80 Å². The van der Waals surface area contributed by atoms with E-state index in [1.165, 1.54) is 12.1 Å². The summed E-state index contributed by atoms with van der Waals surface area (Å²) in [7, 11) is 0. The second-order valence-electron chi connectivity index (χ2n) is 8.75. The first kappa shape index (κ1) is 21.2. The van der Waals surface area contributed by atoms with E-state index >= 15 is 0 Å². The van der Waals surface area contributed by atoms with Crippen LogP contribution in [-0.4, -0.2) is 56.1 Å². The molecule has 3 aromatic carbocycles. The van der Waals surface area contributed by atoms with Crippen LogP contribution in [0.5, 0.6) is 0 Å². The molecule has 1 atom stereocenters. The van der Waals surface area contributed by atoms with Crippen LogP contribution in [0.1, 0.15) is 17.3 Å². The Hall–Kier alpha value is -4.33. The highest BCUT2D eigenvalue weighted by Gasteiger charge is 2.31. The van der Waals surface area contributed by atoms with Crippen LogP contribution in [0.4, 0.5) is 10.3 Å². The van der Waals surface area contributed by atoms with Gasteiger partial charge in [-0.05, 0) is 31.2 Å². The van der Waals surface area contributed by atoms with Crippen molar-refractivity contribution in [3.8, 4) is 11.4 Å². The zero-order valence-electron chi connectivity index (χ0n) is 19.2. The number of rotatable bonds is 3. The predicted octanol–water partition coefficient (Wildman–Crippen LogP) is 4.43. The molecule has 0 spiro atoms. The van der Waals surface area contributed by atoms with Gasteiger partial charge >= 0.3 is 0 Å². The van der Waals surface area contributed by atoms with Crippen LogP contribution >= 0.6 is 0 Å². The molecule has 1 fully saturated rings. The lowest BCUT2D eigenvalue weighted by molar-refractivity contribution is 0.0668. The number of nitrogens with zero attached hydrogens (tertiary/aromatic N) is 6. The van der Waals surface area contributed by atoms with Gasteiger partial charge in [0, 0.05) is 36.6 Å². The minimum absolute atomic E-state index is 0.101. The van der Waals surface area contributed by atoms with Gasteiger partial charge in [0.25, 0.3) is 5.91 Å². The van der Waals surface area contributed by atoms with Gasteiger partial charge in [0.05, 0.1) is 11.1 Å². The molecule has 0 bridgehead atoms. The number of amides is 1. The lowest BCUT2D eigenvalue weighted by atomic mass is 10.1. The van der Waals surface area contributed by atoms with E-state index in [-0.39, 0.29) is 17.5 Å². The molecule has 1 aliphatic heterocycles. The molecule has 0 aliphatic carbocycles. The summed E-state index contributed by atoms with van der Waals surface area (Å²) in [5.74, 6) is 0.655. The Morgan fingerprint density at radius 1 is 0.914 bits per heavy atom. The Kier molecular flexibility index (Phi) is 5.13. The molecule has 1 aliphatic rings. The molecule has 0 N–H and O–H groups in total. The van der Waals surface area contributed by atoms with Crippen LogP contribution in [0.3, 0.4) is 0 Å². The predicted molar refractivity (Wildman–Crippen MR) is 133 cm³/mol. The highest BCUT2D eigenvalue weighted by atomic mass is 19.1. The van der Waals surface area contributed by atoms with E-state index in [1.54, 1.807) is 17.0 Å². The Morgan fingerprint density at radius 2 is 1.66 bits per heavy atom. The van der Waals surface area contributed by atoms with Crippen molar-refractivity contribution in [1.29, 1.82) is 0 Å². The summed E-state index contributed by atoms with van der Waals surface area (Å²) in [5, 5.41) is 9.98. The molecular weight excluding hydrogens is 443 g/mol. The highest BCUT2D eigenvalue weighted by Crippen LogP contribution is 2.29. The van der Waals surface area contributed by atoms with Crippen LogP contribution in [0, 0.1) is 5.82 Å². The third-order valence-corrected chi connectivity index (χ3v) is 6.54. The smallest absolute Gasteiger partial charge is 0.257 e. The van der Waals surface area contributed by atoms with Crippen LogP contribution in [0.15, 0.2) is 78.9 Å². The van der Waals surface area contributed by atoms with Crippen molar-refractivity contribution in [3.63, 3.8) is 0 Å². The molecule has 5 aromatic rings. The maximum atomic E-state index is 14.3. The number of fused-ring (bicyclic) bond motifs is 3. The van der Waals surface area contributed by atoms with Crippen LogP contribution in [0.25, 0.3) is 27.9 Å². The summed E-state index contributed by atoms with van der Waals surface area (Å²) >= 11 is 0. The topological polar surface area (TPSA) is 66.6 Å². The van der Waals surface area contributed by atoms with Gasteiger partial charge in [0.1, 0.15) is 5.82 Å². The highest BCUT2D eigenvalue weighted by molar-refractivity contribution is 5.95. The number of hydrogen-bond acceptors (Lipinski definition) is 5. The first-order valence-electron chi connectivity index (χ1n) is 11.6. The molecule has 2 aromatic heterocycles. The molecule has 1 saturated heterocycles. The number of carbonyl (C=O) groups is 1. The lowest BCUT2D eigenvalue weighted by Gasteiger charge is -2.40. The van der Waals surface area contributed by atoms with Gasteiger partial charge in [0.2, 0.25) is 5.95 Å². The zero-order chi connectivity index (χ0) is 23.9. The number of piperazine rings is 1. The van der Waals surface area contributed by atoms with Crippen molar-refractivity contribution in [1.82, 2.24) is 24.5 Å². The van der Waals surface area contributed by atoms with Crippen molar-refractivity contribution in [2.24, 2.45) is 0 Å². The van der Waals surface area contributed by atoms with Crippen LogP contribution in [-0.2, 0) is 0 Å². The Bertz CT molecular complexity index is 1550. The molecule has 0 unspecified atom stereocenters. The second kappa shape index (κ2) is 8.47. The molecular formula is C27H23FN6O. The molecule has 0 radical (unpaired) electrons. The van der Waals surface area contributed by atoms with Crippen molar-refractivity contribution >= 4 is 28.4 Å². The van der Waals surface area contributed by atoms with E-state index in [9.17, 15) is 9.18 Å². The van der Waals surface area contributed by atoms with Gasteiger partial charge in [-0.1, -0.05) is 54.6 Å². The third-order valence-electron chi connectivity index (χ3n) is 6.54. The van der Waals surface area contributed by atoms with Gasteiger partial charge in [-0.25, -0.2) is 13.8 Å². The van der Waals surface area contributed by atoms with Crippen molar-refractivity contribution < 1.29 is 9.18 Å². The normalized spacial score (nSPS) is 16.2. The monoisotopic (exact) mass is 466 g/mol. The maximum absolute atomic E-state index is 14.3. The van der Waals surface area contributed by atoms with E-state index < -0.39 is 5.82 Å². The molecule has 6 rings (SSSR count). The van der Waals surface area contributed by atoms with E-state index in [2.05, 4.69) is 15.1 Å². The minimum atomic E-state index is -0.498. The maximum Gasteiger partial charge on any atom is 0.257 e. The van der Waals surface area contributed by atoms with Crippen molar-refractivity contribution in [2.75, 3.05) is 24.5 Å². The fraction of sp³-hybridized carbons (Fsp3) is 0.185. The van der Waals surface area contributed by atoms with Gasteiger partial charge in [-0.3, -0.25) is 4.79 Å². The third kappa shape index (κ3) is 3.58. The first-order valence-corrected chi connectivity index (χ1v) is 11.6. The summed E-state index contributed by atoms with van der Waals surface area (Å²) in [6, 6.07) is 23.8.